The average molecular weight is 276 g/mol. The molecule has 0 aliphatic carbocycles. The fourth-order valence-electron chi connectivity index (χ4n) is 2.66. The zero-order valence-electron chi connectivity index (χ0n) is 13.3. The lowest BCUT2D eigenvalue weighted by molar-refractivity contribution is 0.106. The molecule has 2 heteroatoms. The number of rotatable bonds is 5. The van der Waals surface area contributed by atoms with Crippen molar-refractivity contribution in [2.45, 2.75) is 65.1 Å². The molecule has 0 saturated carbocycles. The molecule has 0 aliphatic heterocycles. The second kappa shape index (κ2) is 6.04. The molecule has 1 aromatic rings. The van der Waals surface area contributed by atoms with Gasteiger partial charge in [0.1, 0.15) is 13.5 Å². The molecule has 106 valence electrons. The van der Waals surface area contributed by atoms with Gasteiger partial charge in [0, 0.05) is 5.56 Å². The van der Waals surface area contributed by atoms with E-state index in [2.05, 4.69) is 53.7 Å². The Bertz CT molecular complexity index is 413. The highest BCUT2D eigenvalue weighted by molar-refractivity contribution is 7.07. The molecule has 0 amide bonds. The molecule has 0 aliphatic rings. The summed E-state index contributed by atoms with van der Waals surface area (Å²) in [5.41, 5.74) is 2.36. The van der Waals surface area contributed by atoms with E-state index in [1.807, 2.05) is 12.1 Å². The van der Waals surface area contributed by atoms with Crippen molar-refractivity contribution in [1.29, 1.82) is 0 Å². The summed E-state index contributed by atoms with van der Waals surface area (Å²) < 4.78 is 0. The Morgan fingerprint density at radius 3 is 1.68 bits per heavy atom. The van der Waals surface area contributed by atoms with E-state index in [4.69, 9.17) is 0 Å². The minimum absolute atomic E-state index is 0.149. The Kier molecular flexibility index (Phi) is 5.14. The molecule has 0 bridgehead atoms. The van der Waals surface area contributed by atoms with E-state index in [9.17, 15) is 4.79 Å². The first-order valence-electron chi connectivity index (χ1n) is 7.46. The van der Waals surface area contributed by atoms with Crippen LogP contribution in [-0.4, -0.2) is 13.5 Å². The highest BCUT2D eigenvalue weighted by Gasteiger charge is 2.36. The summed E-state index contributed by atoms with van der Waals surface area (Å²) in [6.45, 7) is 13.1. The lowest BCUT2D eigenvalue weighted by Gasteiger charge is -2.26. The van der Waals surface area contributed by atoms with Crippen LogP contribution >= 0.6 is 0 Å². The molecule has 0 spiro atoms. The van der Waals surface area contributed by atoms with Crippen LogP contribution in [0.25, 0.3) is 0 Å². The summed E-state index contributed by atoms with van der Waals surface area (Å²) in [5, 5.41) is 0.445. The summed E-state index contributed by atoms with van der Waals surface area (Å²) in [6.07, 6.45) is 0. The van der Waals surface area contributed by atoms with Crippen molar-refractivity contribution < 1.29 is 4.79 Å². The van der Waals surface area contributed by atoms with Crippen LogP contribution in [0.5, 0.6) is 0 Å². The zero-order valence-corrected chi connectivity index (χ0v) is 14.3. The van der Waals surface area contributed by atoms with Gasteiger partial charge in [0.2, 0.25) is 0 Å². The van der Waals surface area contributed by atoms with Gasteiger partial charge in [0.15, 0.2) is 0 Å². The van der Waals surface area contributed by atoms with Crippen molar-refractivity contribution in [2.24, 2.45) is 0 Å². The molecule has 1 nitrogen and oxygen atoms in total. The third-order valence-corrected chi connectivity index (χ3v) is 9.84. The molecule has 0 fully saturated rings. The molecular weight excluding hydrogens is 248 g/mol. The summed E-state index contributed by atoms with van der Waals surface area (Å²) in [5.74, 6) is 0. The molecule has 0 heterocycles. The standard InChI is InChI=1S/C17H28OSi/c1-7-19(8-2,9-3)16(18)14-10-12-15(13-11-14)17(4,5)6/h10-13H,7-9H2,1-6H3. The molecule has 1 rings (SSSR count). The summed E-state index contributed by atoms with van der Waals surface area (Å²) in [7, 11) is -1.76. The van der Waals surface area contributed by atoms with Crippen LogP contribution in [0.15, 0.2) is 24.3 Å². The second-order valence-electron chi connectivity index (χ2n) is 6.50. The SMILES string of the molecule is CC[Si](CC)(CC)C(=O)c1ccc(C(C)(C)C)cc1. The third kappa shape index (κ3) is 3.36. The summed E-state index contributed by atoms with van der Waals surface area (Å²) in [6, 6.07) is 11.5. The maximum atomic E-state index is 12.8. The molecule has 0 aromatic heterocycles. The van der Waals surface area contributed by atoms with E-state index < -0.39 is 8.07 Å². The topological polar surface area (TPSA) is 17.1 Å². The molecule has 0 unspecified atom stereocenters. The van der Waals surface area contributed by atoms with Crippen molar-refractivity contribution in [1.82, 2.24) is 0 Å². The van der Waals surface area contributed by atoms with Gasteiger partial charge < -0.3 is 4.79 Å². The normalized spacial score (nSPS) is 12.5. The lowest BCUT2D eigenvalue weighted by atomic mass is 9.87. The van der Waals surface area contributed by atoms with E-state index in [0.717, 1.165) is 23.7 Å². The number of hydrogen-bond donors (Lipinski definition) is 0. The summed E-state index contributed by atoms with van der Waals surface area (Å²) in [4.78, 5) is 12.8. The molecule has 0 radical (unpaired) electrons. The van der Waals surface area contributed by atoms with Gasteiger partial charge in [-0.25, -0.2) is 0 Å². The van der Waals surface area contributed by atoms with Gasteiger partial charge in [-0.1, -0.05) is 83.9 Å². The number of benzene rings is 1. The Morgan fingerprint density at radius 2 is 1.37 bits per heavy atom. The number of carbonyl (C=O) groups is 1. The van der Waals surface area contributed by atoms with E-state index in [1.54, 1.807) is 0 Å². The Morgan fingerprint density at radius 1 is 0.947 bits per heavy atom. The van der Waals surface area contributed by atoms with Crippen LogP contribution in [0.2, 0.25) is 18.1 Å². The molecule has 0 N–H and O–H groups in total. The first-order valence-corrected chi connectivity index (χ1v) is 10.1. The van der Waals surface area contributed by atoms with Gasteiger partial charge in [-0.05, 0) is 11.0 Å². The van der Waals surface area contributed by atoms with Crippen molar-refractivity contribution in [2.75, 3.05) is 0 Å². The van der Waals surface area contributed by atoms with Crippen molar-refractivity contribution >= 4 is 13.5 Å². The average Bonchev–Trinajstić information content (AvgIpc) is 2.40. The highest BCUT2D eigenvalue weighted by atomic mass is 28.3. The maximum absolute atomic E-state index is 12.8. The predicted molar refractivity (Wildman–Crippen MR) is 86.7 cm³/mol. The maximum Gasteiger partial charge on any atom is 0.140 e. The van der Waals surface area contributed by atoms with Crippen LogP contribution in [0.3, 0.4) is 0 Å². The van der Waals surface area contributed by atoms with Crippen molar-refractivity contribution in [3.05, 3.63) is 35.4 Å². The molecule has 1 aromatic carbocycles. The van der Waals surface area contributed by atoms with Crippen LogP contribution in [0, 0.1) is 0 Å². The van der Waals surface area contributed by atoms with Crippen LogP contribution in [0.4, 0.5) is 0 Å². The monoisotopic (exact) mass is 276 g/mol. The lowest BCUT2D eigenvalue weighted by Crippen LogP contribution is -2.42. The molecule has 0 atom stereocenters. The van der Waals surface area contributed by atoms with E-state index in [0.29, 0.717) is 5.41 Å². The molecule has 0 saturated heterocycles. The Balaban J connectivity index is 3.07. The summed E-state index contributed by atoms with van der Waals surface area (Å²) >= 11 is 0. The zero-order chi connectivity index (χ0) is 14.7. The minimum atomic E-state index is -1.76. The first kappa shape index (κ1) is 16.2. The molecular formula is C17H28OSi. The van der Waals surface area contributed by atoms with Gasteiger partial charge in [0.05, 0.1) is 0 Å². The predicted octanol–water partition coefficient (Wildman–Crippen LogP) is 5.21. The van der Waals surface area contributed by atoms with Gasteiger partial charge >= 0.3 is 0 Å². The highest BCUT2D eigenvalue weighted by Crippen LogP contribution is 2.27. The van der Waals surface area contributed by atoms with E-state index in [1.165, 1.54) is 5.56 Å². The van der Waals surface area contributed by atoms with Crippen molar-refractivity contribution in [3.63, 3.8) is 0 Å². The van der Waals surface area contributed by atoms with Crippen LogP contribution in [-0.2, 0) is 5.41 Å². The van der Waals surface area contributed by atoms with Gasteiger partial charge in [-0.3, -0.25) is 0 Å². The van der Waals surface area contributed by atoms with Gasteiger partial charge in [-0.15, -0.1) is 0 Å². The van der Waals surface area contributed by atoms with Crippen molar-refractivity contribution in [3.8, 4) is 0 Å². The number of carbonyl (C=O) groups excluding carboxylic acids is 1. The number of hydrogen-bond acceptors (Lipinski definition) is 1. The smallest absolute Gasteiger partial charge is 0.140 e. The minimum Gasteiger partial charge on any atom is -0.300 e. The first-order chi connectivity index (χ1) is 8.80. The van der Waals surface area contributed by atoms with Crippen LogP contribution in [0.1, 0.15) is 57.5 Å². The second-order valence-corrected chi connectivity index (χ2v) is 11.6. The molecule has 19 heavy (non-hydrogen) atoms. The fourth-order valence-corrected chi connectivity index (χ4v) is 5.90. The van der Waals surface area contributed by atoms with E-state index in [-0.39, 0.29) is 5.41 Å². The largest absolute Gasteiger partial charge is 0.300 e. The van der Waals surface area contributed by atoms with E-state index >= 15 is 0 Å². The van der Waals surface area contributed by atoms with Gasteiger partial charge in [0.25, 0.3) is 0 Å². The Hall–Kier alpha value is -0.893. The van der Waals surface area contributed by atoms with Gasteiger partial charge in [-0.2, -0.15) is 0 Å². The Labute approximate surface area is 119 Å². The quantitative estimate of drug-likeness (QED) is 0.674. The van der Waals surface area contributed by atoms with Crippen LogP contribution < -0.4 is 0 Å². The third-order valence-electron chi connectivity index (χ3n) is 4.53. The fraction of sp³-hybridized carbons (Fsp3) is 0.588.